The lowest BCUT2D eigenvalue weighted by molar-refractivity contribution is 0.387. The number of pyridine rings is 1. The van der Waals surface area contributed by atoms with Gasteiger partial charge in [-0.1, -0.05) is 19.8 Å². The minimum absolute atomic E-state index is 0.235. The van der Waals surface area contributed by atoms with Gasteiger partial charge in [-0.15, -0.1) is 0 Å². The van der Waals surface area contributed by atoms with E-state index in [2.05, 4.69) is 27.8 Å². The predicted molar refractivity (Wildman–Crippen MR) is 63.4 cm³/mol. The van der Waals surface area contributed by atoms with Crippen LogP contribution in [0.2, 0.25) is 0 Å². The molecule has 0 saturated heterocycles. The molecular weight excluding hydrogens is 258 g/mol. The lowest BCUT2D eigenvalue weighted by atomic mass is 10.1. The van der Waals surface area contributed by atoms with Gasteiger partial charge in [-0.25, -0.2) is 4.98 Å². The first-order valence-corrected chi connectivity index (χ1v) is 5.90. The molecule has 15 heavy (non-hydrogen) atoms. The molecule has 1 rings (SSSR count). The first-order valence-electron chi connectivity index (χ1n) is 5.11. The number of aryl methyl sites for hydroxylation is 1. The topological polar surface area (TPSA) is 42.4 Å². The highest BCUT2D eigenvalue weighted by molar-refractivity contribution is 9.10. The molecule has 0 bridgehead atoms. The van der Waals surface area contributed by atoms with Crippen LogP contribution in [0, 0.1) is 0 Å². The predicted octanol–water partition coefficient (Wildman–Crippen LogP) is 3.29. The highest BCUT2D eigenvalue weighted by Gasteiger charge is 2.09. The van der Waals surface area contributed by atoms with Crippen molar-refractivity contribution in [1.29, 1.82) is 0 Å². The van der Waals surface area contributed by atoms with E-state index in [0.29, 0.717) is 16.0 Å². The van der Waals surface area contributed by atoms with Crippen molar-refractivity contribution < 1.29 is 9.84 Å². The largest absolute Gasteiger partial charge is 0.506 e. The number of aromatic nitrogens is 1. The third kappa shape index (κ3) is 3.38. The summed E-state index contributed by atoms with van der Waals surface area (Å²) in [5.41, 5.74) is 0.712. The quantitative estimate of drug-likeness (QED) is 0.838. The average molecular weight is 274 g/mol. The van der Waals surface area contributed by atoms with Crippen LogP contribution in [-0.2, 0) is 6.42 Å². The van der Waals surface area contributed by atoms with Crippen LogP contribution in [-0.4, -0.2) is 17.2 Å². The van der Waals surface area contributed by atoms with E-state index in [1.54, 1.807) is 13.2 Å². The number of ether oxygens (including phenoxy) is 1. The van der Waals surface area contributed by atoms with E-state index in [0.717, 1.165) is 25.7 Å². The normalized spacial score (nSPS) is 10.3. The Morgan fingerprint density at radius 1 is 1.47 bits per heavy atom. The Bertz CT molecular complexity index is 329. The molecule has 0 spiro atoms. The molecule has 1 aromatic heterocycles. The van der Waals surface area contributed by atoms with E-state index in [-0.39, 0.29) is 5.75 Å². The summed E-state index contributed by atoms with van der Waals surface area (Å²) in [5, 5.41) is 9.66. The zero-order valence-electron chi connectivity index (χ0n) is 9.09. The van der Waals surface area contributed by atoms with Gasteiger partial charge in [0.1, 0.15) is 5.75 Å². The van der Waals surface area contributed by atoms with Crippen molar-refractivity contribution in [3.63, 3.8) is 0 Å². The van der Waals surface area contributed by atoms with Crippen molar-refractivity contribution >= 4 is 15.9 Å². The van der Waals surface area contributed by atoms with Crippen LogP contribution >= 0.6 is 15.9 Å². The highest BCUT2D eigenvalue weighted by Crippen LogP contribution is 2.29. The Morgan fingerprint density at radius 3 is 2.80 bits per heavy atom. The van der Waals surface area contributed by atoms with Crippen LogP contribution in [0.5, 0.6) is 11.6 Å². The molecular formula is C11H16BrNO2. The summed E-state index contributed by atoms with van der Waals surface area (Å²) in [6, 6.07) is 1.63. The molecule has 0 aliphatic rings. The monoisotopic (exact) mass is 273 g/mol. The van der Waals surface area contributed by atoms with Crippen LogP contribution in [0.15, 0.2) is 10.5 Å². The average Bonchev–Trinajstić information content (AvgIpc) is 2.21. The van der Waals surface area contributed by atoms with Gasteiger partial charge in [0.2, 0.25) is 5.88 Å². The number of rotatable bonds is 5. The van der Waals surface area contributed by atoms with Crippen molar-refractivity contribution in [3.8, 4) is 11.6 Å². The molecule has 4 heteroatoms. The molecule has 0 fully saturated rings. The second-order valence-corrected chi connectivity index (χ2v) is 4.26. The minimum Gasteiger partial charge on any atom is -0.506 e. The molecule has 0 aliphatic heterocycles. The summed E-state index contributed by atoms with van der Waals surface area (Å²) < 4.78 is 5.76. The Kier molecular flexibility index (Phi) is 4.88. The van der Waals surface area contributed by atoms with Crippen molar-refractivity contribution in [2.45, 2.75) is 32.6 Å². The molecule has 84 valence electrons. The van der Waals surface area contributed by atoms with Crippen molar-refractivity contribution in [2.24, 2.45) is 0 Å². The molecule has 1 N–H and O–H groups in total. The van der Waals surface area contributed by atoms with Gasteiger partial charge >= 0.3 is 0 Å². The smallest absolute Gasteiger partial charge is 0.228 e. The Hall–Kier alpha value is -0.770. The van der Waals surface area contributed by atoms with Crippen LogP contribution < -0.4 is 4.74 Å². The zero-order chi connectivity index (χ0) is 11.3. The highest BCUT2D eigenvalue weighted by atomic mass is 79.9. The molecule has 0 atom stereocenters. The van der Waals surface area contributed by atoms with Gasteiger partial charge < -0.3 is 9.84 Å². The number of methoxy groups -OCH3 is 1. The maximum absolute atomic E-state index is 9.66. The van der Waals surface area contributed by atoms with E-state index in [4.69, 9.17) is 4.74 Å². The number of hydrogen-bond acceptors (Lipinski definition) is 3. The summed E-state index contributed by atoms with van der Waals surface area (Å²) in [5.74, 6) is 0.762. The number of nitrogens with zero attached hydrogens (tertiary/aromatic N) is 1. The van der Waals surface area contributed by atoms with Crippen LogP contribution in [0.4, 0.5) is 0 Å². The maximum Gasteiger partial charge on any atom is 0.228 e. The number of halogens is 1. The number of hydrogen-bond donors (Lipinski definition) is 1. The Labute approximate surface area is 98.6 Å². The third-order valence-electron chi connectivity index (χ3n) is 2.21. The molecule has 0 saturated carbocycles. The molecule has 3 nitrogen and oxygen atoms in total. The SMILES string of the molecule is CCCCCc1nc(OC)c(Br)cc1O. The summed E-state index contributed by atoms with van der Waals surface area (Å²) in [4.78, 5) is 4.24. The molecule has 1 aromatic rings. The lowest BCUT2D eigenvalue weighted by Crippen LogP contribution is -1.96. The van der Waals surface area contributed by atoms with Gasteiger partial charge in [-0.05, 0) is 28.8 Å². The Balaban J connectivity index is 2.78. The van der Waals surface area contributed by atoms with E-state index < -0.39 is 0 Å². The zero-order valence-corrected chi connectivity index (χ0v) is 10.7. The first-order chi connectivity index (χ1) is 7.19. The van der Waals surface area contributed by atoms with Crippen LogP contribution in [0.3, 0.4) is 0 Å². The third-order valence-corrected chi connectivity index (χ3v) is 2.78. The van der Waals surface area contributed by atoms with E-state index in [1.165, 1.54) is 0 Å². The summed E-state index contributed by atoms with van der Waals surface area (Å²) in [6.45, 7) is 2.15. The van der Waals surface area contributed by atoms with Gasteiger partial charge in [0.15, 0.2) is 0 Å². The van der Waals surface area contributed by atoms with Crippen molar-refractivity contribution in [3.05, 3.63) is 16.2 Å². The van der Waals surface area contributed by atoms with E-state index in [9.17, 15) is 5.11 Å². The van der Waals surface area contributed by atoms with Gasteiger partial charge in [-0.3, -0.25) is 0 Å². The first kappa shape index (κ1) is 12.3. The van der Waals surface area contributed by atoms with Gasteiger partial charge in [0.05, 0.1) is 17.3 Å². The van der Waals surface area contributed by atoms with Crippen molar-refractivity contribution in [1.82, 2.24) is 4.98 Å². The van der Waals surface area contributed by atoms with E-state index in [1.807, 2.05) is 0 Å². The summed E-state index contributed by atoms with van der Waals surface area (Å²) >= 11 is 3.28. The molecule has 1 heterocycles. The fourth-order valence-electron chi connectivity index (χ4n) is 1.37. The molecule has 0 aromatic carbocycles. The second-order valence-electron chi connectivity index (χ2n) is 3.40. The minimum atomic E-state index is 0.235. The standard InChI is InChI=1S/C11H16BrNO2/c1-3-4-5-6-9-10(14)7-8(12)11(13-9)15-2/h7,14H,3-6H2,1-2H3. The van der Waals surface area contributed by atoms with Crippen LogP contribution in [0.25, 0.3) is 0 Å². The van der Waals surface area contributed by atoms with E-state index >= 15 is 0 Å². The molecule has 0 radical (unpaired) electrons. The maximum atomic E-state index is 9.66. The number of aromatic hydroxyl groups is 1. The van der Waals surface area contributed by atoms with Gasteiger partial charge in [-0.2, -0.15) is 0 Å². The fraction of sp³-hybridized carbons (Fsp3) is 0.545. The number of unbranched alkanes of at least 4 members (excludes halogenated alkanes) is 2. The van der Waals surface area contributed by atoms with Gasteiger partial charge in [0, 0.05) is 6.07 Å². The summed E-state index contributed by atoms with van der Waals surface area (Å²) in [7, 11) is 1.57. The Morgan fingerprint density at radius 2 is 2.20 bits per heavy atom. The molecule has 0 amide bonds. The van der Waals surface area contributed by atoms with Crippen LogP contribution in [0.1, 0.15) is 31.9 Å². The second kappa shape index (κ2) is 5.95. The molecule has 0 aliphatic carbocycles. The van der Waals surface area contributed by atoms with Crippen molar-refractivity contribution in [2.75, 3.05) is 7.11 Å². The molecule has 0 unspecified atom stereocenters. The summed E-state index contributed by atoms with van der Waals surface area (Å²) in [6.07, 6.45) is 4.15. The fourth-order valence-corrected chi connectivity index (χ4v) is 1.84. The van der Waals surface area contributed by atoms with Gasteiger partial charge in [0.25, 0.3) is 0 Å². The lowest BCUT2D eigenvalue weighted by Gasteiger charge is -2.07.